The maximum Gasteiger partial charge on any atom is 0.227 e. The van der Waals surface area contributed by atoms with Gasteiger partial charge in [0.15, 0.2) is 0 Å². The third-order valence-electron chi connectivity index (χ3n) is 6.08. The number of amides is 2. The lowest BCUT2D eigenvalue weighted by Gasteiger charge is -2.36. The van der Waals surface area contributed by atoms with Crippen LogP contribution in [0.5, 0.6) is 0 Å². The predicted octanol–water partition coefficient (Wildman–Crippen LogP) is 1.66. The standard InChI is InChI=1S/C21H30FN3O4S/c1-15-5-6-16(12-19(15)22)13-23-20(26)17-7-10-24(11-8-17)21(27)18-4-3-9-25(14-18)30(2,28)29/h5-6,12,17-18H,3-4,7-11,13-14H2,1-2H3,(H,23,26). The number of halogens is 1. The summed E-state index contributed by atoms with van der Waals surface area (Å²) < 4.78 is 38.6. The summed E-state index contributed by atoms with van der Waals surface area (Å²) in [5, 5.41) is 2.86. The maximum absolute atomic E-state index is 13.6. The summed E-state index contributed by atoms with van der Waals surface area (Å²) in [6.45, 7) is 3.66. The second kappa shape index (κ2) is 9.43. The van der Waals surface area contributed by atoms with Crippen LogP contribution in [0, 0.1) is 24.6 Å². The highest BCUT2D eigenvalue weighted by atomic mass is 32.2. The van der Waals surface area contributed by atoms with Crippen molar-refractivity contribution >= 4 is 21.8 Å². The smallest absolute Gasteiger partial charge is 0.227 e. The van der Waals surface area contributed by atoms with E-state index in [0.717, 1.165) is 0 Å². The molecular formula is C21H30FN3O4S. The summed E-state index contributed by atoms with van der Waals surface area (Å²) in [4.78, 5) is 27.1. The number of piperidine rings is 2. The Kier molecular flexibility index (Phi) is 7.13. The van der Waals surface area contributed by atoms with Crippen molar-refractivity contribution in [3.05, 3.63) is 35.1 Å². The van der Waals surface area contributed by atoms with Gasteiger partial charge in [-0.15, -0.1) is 0 Å². The molecule has 1 aromatic rings. The van der Waals surface area contributed by atoms with Crippen molar-refractivity contribution in [2.45, 2.75) is 39.2 Å². The lowest BCUT2D eigenvalue weighted by molar-refractivity contribution is -0.140. The molecule has 0 aliphatic carbocycles. The van der Waals surface area contributed by atoms with Gasteiger partial charge in [0.1, 0.15) is 5.82 Å². The molecule has 0 spiro atoms. The maximum atomic E-state index is 13.6. The van der Waals surface area contributed by atoms with Crippen molar-refractivity contribution < 1.29 is 22.4 Å². The summed E-state index contributed by atoms with van der Waals surface area (Å²) >= 11 is 0. The van der Waals surface area contributed by atoms with Crippen LogP contribution in [0.25, 0.3) is 0 Å². The Morgan fingerprint density at radius 2 is 1.83 bits per heavy atom. The van der Waals surface area contributed by atoms with Gasteiger partial charge in [0.25, 0.3) is 0 Å². The van der Waals surface area contributed by atoms with E-state index in [0.29, 0.717) is 56.4 Å². The molecule has 2 aliphatic heterocycles. The molecule has 0 bridgehead atoms. The molecule has 2 aliphatic rings. The number of nitrogens with zero attached hydrogens (tertiary/aromatic N) is 2. The van der Waals surface area contributed by atoms with Crippen LogP contribution in [0.4, 0.5) is 4.39 Å². The normalized spacial score (nSPS) is 21.4. The fourth-order valence-corrected chi connectivity index (χ4v) is 5.06. The van der Waals surface area contributed by atoms with Crippen molar-refractivity contribution in [2.24, 2.45) is 11.8 Å². The van der Waals surface area contributed by atoms with Crippen molar-refractivity contribution in [3.63, 3.8) is 0 Å². The van der Waals surface area contributed by atoms with Crippen molar-refractivity contribution in [1.82, 2.24) is 14.5 Å². The molecular weight excluding hydrogens is 409 g/mol. The fraction of sp³-hybridized carbons (Fsp3) is 0.619. The van der Waals surface area contributed by atoms with Crippen LogP contribution < -0.4 is 5.32 Å². The summed E-state index contributed by atoms with van der Waals surface area (Å²) in [7, 11) is -3.29. The summed E-state index contributed by atoms with van der Waals surface area (Å²) in [5.74, 6) is -0.870. The second-order valence-corrected chi connectivity index (χ2v) is 10.3. The molecule has 30 heavy (non-hydrogen) atoms. The van der Waals surface area contributed by atoms with E-state index in [4.69, 9.17) is 0 Å². The van der Waals surface area contributed by atoms with Gasteiger partial charge in [-0.3, -0.25) is 9.59 Å². The van der Waals surface area contributed by atoms with Crippen LogP contribution in [0.2, 0.25) is 0 Å². The van der Waals surface area contributed by atoms with Gasteiger partial charge in [-0.05, 0) is 49.8 Å². The molecule has 0 aromatic heterocycles. The van der Waals surface area contributed by atoms with E-state index in [1.807, 2.05) is 0 Å². The van der Waals surface area contributed by atoms with Crippen molar-refractivity contribution in [2.75, 3.05) is 32.4 Å². The zero-order valence-electron chi connectivity index (χ0n) is 17.6. The minimum atomic E-state index is -3.29. The van der Waals surface area contributed by atoms with E-state index in [1.54, 1.807) is 24.0 Å². The first kappa shape index (κ1) is 22.7. The van der Waals surface area contributed by atoms with Gasteiger partial charge in [0, 0.05) is 38.6 Å². The summed E-state index contributed by atoms with van der Waals surface area (Å²) in [5.41, 5.74) is 1.28. The Hall–Kier alpha value is -2.00. The molecule has 1 atom stereocenters. The van der Waals surface area contributed by atoms with Crippen molar-refractivity contribution in [1.29, 1.82) is 0 Å². The number of hydrogen-bond acceptors (Lipinski definition) is 4. The third-order valence-corrected chi connectivity index (χ3v) is 7.35. The van der Waals surface area contributed by atoms with E-state index in [1.165, 1.54) is 16.6 Å². The monoisotopic (exact) mass is 439 g/mol. The first-order valence-electron chi connectivity index (χ1n) is 10.4. The predicted molar refractivity (Wildman–Crippen MR) is 111 cm³/mol. The Labute approximate surface area is 177 Å². The molecule has 2 heterocycles. The highest BCUT2D eigenvalue weighted by Crippen LogP contribution is 2.24. The number of sulfonamides is 1. The first-order valence-corrected chi connectivity index (χ1v) is 12.3. The van der Waals surface area contributed by atoms with Crippen LogP contribution in [0.1, 0.15) is 36.8 Å². The zero-order chi connectivity index (χ0) is 21.9. The number of benzene rings is 1. The Balaban J connectivity index is 1.47. The lowest BCUT2D eigenvalue weighted by atomic mass is 9.93. The molecule has 2 saturated heterocycles. The van der Waals surface area contributed by atoms with Crippen LogP contribution in [-0.4, -0.2) is 61.9 Å². The van der Waals surface area contributed by atoms with Gasteiger partial charge in [0.2, 0.25) is 21.8 Å². The van der Waals surface area contributed by atoms with Crippen LogP contribution in [-0.2, 0) is 26.2 Å². The van der Waals surface area contributed by atoms with E-state index < -0.39 is 10.0 Å². The van der Waals surface area contributed by atoms with Crippen LogP contribution in [0.15, 0.2) is 18.2 Å². The number of rotatable bonds is 5. The van der Waals surface area contributed by atoms with Crippen molar-refractivity contribution in [3.8, 4) is 0 Å². The molecule has 1 aromatic carbocycles. The van der Waals surface area contributed by atoms with Crippen LogP contribution in [0.3, 0.4) is 0 Å². The van der Waals surface area contributed by atoms with E-state index >= 15 is 0 Å². The van der Waals surface area contributed by atoms with Gasteiger partial charge < -0.3 is 10.2 Å². The summed E-state index contributed by atoms with van der Waals surface area (Å²) in [6, 6.07) is 4.92. The molecule has 9 heteroatoms. The van der Waals surface area contributed by atoms with Gasteiger partial charge >= 0.3 is 0 Å². The van der Waals surface area contributed by atoms with E-state index in [-0.39, 0.29) is 42.6 Å². The zero-order valence-corrected chi connectivity index (χ0v) is 18.4. The topological polar surface area (TPSA) is 86.8 Å². The molecule has 166 valence electrons. The van der Waals surface area contributed by atoms with Gasteiger partial charge in [-0.1, -0.05) is 12.1 Å². The largest absolute Gasteiger partial charge is 0.352 e. The lowest BCUT2D eigenvalue weighted by Crippen LogP contribution is -2.49. The average molecular weight is 440 g/mol. The minimum absolute atomic E-state index is 0.0164. The SMILES string of the molecule is Cc1ccc(CNC(=O)C2CCN(C(=O)C3CCCN(S(C)(=O)=O)C3)CC2)cc1F. The average Bonchev–Trinajstić information content (AvgIpc) is 2.73. The molecule has 0 radical (unpaired) electrons. The minimum Gasteiger partial charge on any atom is -0.352 e. The van der Waals surface area contributed by atoms with Gasteiger partial charge in [-0.25, -0.2) is 17.1 Å². The summed E-state index contributed by atoms with van der Waals surface area (Å²) in [6.07, 6.45) is 3.69. The highest BCUT2D eigenvalue weighted by Gasteiger charge is 2.35. The number of carbonyl (C=O) groups excluding carboxylic acids is 2. The van der Waals surface area contributed by atoms with E-state index in [9.17, 15) is 22.4 Å². The number of aryl methyl sites for hydroxylation is 1. The third kappa shape index (κ3) is 5.57. The number of nitrogens with one attached hydrogen (secondary N) is 1. The van der Waals surface area contributed by atoms with Gasteiger partial charge in [0.05, 0.1) is 12.2 Å². The first-order chi connectivity index (χ1) is 14.1. The second-order valence-electron chi connectivity index (χ2n) is 8.36. The van der Waals surface area contributed by atoms with Gasteiger partial charge in [-0.2, -0.15) is 0 Å². The Morgan fingerprint density at radius 3 is 2.47 bits per heavy atom. The number of carbonyl (C=O) groups is 2. The Morgan fingerprint density at radius 1 is 1.13 bits per heavy atom. The molecule has 3 rings (SSSR count). The molecule has 7 nitrogen and oxygen atoms in total. The fourth-order valence-electron chi connectivity index (χ4n) is 4.15. The molecule has 1 unspecified atom stereocenters. The van der Waals surface area contributed by atoms with Crippen LogP contribution >= 0.6 is 0 Å². The van der Waals surface area contributed by atoms with E-state index in [2.05, 4.69) is 5.32 Å². The molecule has 0 saturated carbocycles. The number of hydrogen-bond donors (Lipinski definition) is 1. The molecule has 2 amide bonds. The quantitative estimate of drug-likeness (QED) is 0.756. The Bertz CT molecular complexity index is 898. The molecule has 1 N–H and O–H groups in total. The number of likely N-dealkylation sites (tertiary alicyclic amines) is 1. The highest BCUT2D eigenvalue weighted by molar-refractivity contribution is 7.88. The molecule has 2 fully saturated rings.